The molecule has 1 aromatic carbocycles. The summed E-state index contributed by atoms with van der Waals surface area (Å²) in [6, 6.07) is 6.28. The fourth-order valence-corrected chi connectivity index (χ4v) is 2.36. The fraction of sp³-hybridized carbons (Fsp3) is 0.471. The topological polar surface area (TPSA) is 72.7 Å². The molecule has 1 amide bonds. The molecule has 1 rings (SSSR count). The Balaban J connectivity index is 2.81. The molecular formula is C17H24N2O4. The Morgan fingerprint density at radius 2 is 1.91 bits per heavy atom. The molecule has 0 saturated heterocycles. The normalized spacial score (nSPS) is 11.1. The summed E-state index contributed by atoms with van der Waals surface area (Å²) in [6.45, 7) is 5.16. The average molecular weight is 320 g/mol. The first-order chi connectivity index (χ1) is 11.0. The summed E-state index contributed by atoms with van der Waals surface area (Å²) in [7, 11) is 1.61. The van der Waals surface area contributed by atoms with Crippen LogP contribution in [0.4, 0.5) is 5.69 Å². The minimum absolute atomic E-state index is 0.0345. The van der Waals surface area contributed by atoms with Crippen molar-refractivity contribution in [2.45, 2.75) is 32.7 Å². The minimum Gasteiger partial charge on any atom is -0.383 e. The van der Waals surface area contributed by atoms with Gasteiger partial charge in [-0.25, -0.2) is 0 Å². The van der Waals surface area contributed by atoms with E-state index < -0.39 is 4.92 Å². The van der Waals surface area contributed by atoms with Gasteiger partial charge in [0, 0.05) is 37.9 Å². The number of benzene rings is 1. The van der Waals surface area contributed by atoms with Gasteiger partial charge in [-0.2, -0.15) is 0 Å². The molecule has 6 nitrogen and oxygen atoms in total. The highest BCUT2D eigenvalue weighted by Crippen LogP contribution is 2.14. The van der Waals surface area contributed by atoms with Crippen LogP contribution < -0.4 is 0 Å². The lowest BCUT2D eigenvalue weighted by atomic mass is 10.1. The van der Waals surface area contributed by atoms with Gasteiger partial charge < -0.3 is 9.64 Å². The van der Waals surface area contributed by atoms with Gasteiger partial charge in [0.1, 0.15) is 0 Å². The fourth-order valence-electron chi connectivity index (χ4n) is 2.36. The van der Waals surface area contributed by atoms with E-state index in [0.29, 0.717) is 13.2 Å². The zero-order valence-electron chi connectivity index (χ0n) is 13.9. The van der Waals surface area contributed by atoms with Crippen molar-refractivity contribution in [2.75, 3.05) is 20.3 Å². The number of non-ortho nitro benzene ring substituents is 1. The number of nitro benzene ring substituents is 1. The molecule has 0 spiro atoms. The van der Waals surface area contributed by atoms with Crippen LogP contribution in [0.2, 0.25) is 0 Å². The standard InChI is InChI=1S/C17H24N2O4/c1-4-15(5-2)18(12-13-23-3)17(20)11-8-14-6-9-16(10-7-14)19(21)22/h6-11,15H,4-5,12-13H2,1-3H3. The van der Waals surface area contributed by atoms with Gasteiger partial charge in [0.25, 0.3) is 5.69 Å². The average Bonchev–Trinajstić information content (AvgIpc) is 2.56. The van der Waals surface area contributed by atoms with Crippen LogP contribution in [0, 0.1) is 10.1 Å². The predicted octanol–water partition coefficient (Wildman–Crippen LogP) is 3.27. The van der Waals surface area contributed by atoms with Gasteiger partial charge in [0.2, 0.25) is 5.91 Å². The molecule has 0 fully saturated rings. The molecule has 0 bridgehead atoms. The number of carbonyl (C=O) groups is 1. The zero-order valence-corrected chi connectivity index (χ0v) is 13.9. The van der Waals surface area contributed by atoms with Gasteiger partial charge >= 0.3 is 0 Å². The third-order valence-electron chi connectivity index (χ3n) is 3.72. The number of nitro groups is 1. The Kier molecular flexibility index (Phi) is 7.97. The summed E-state index contributed by atoms with van der Waals surface area (Å²) in [6.07, 6.45) is 4.96. The smallest absolute Gasteiger partial charge is 0.269 e. The van der Waals surface area contributed by atoms with Crippen LogP contribution in [0.25, 0.3) is 6.08 Å². The monoisotopic (exact) mass is 320 g/mol. The summed E-state index contributed by atoms with van der Waals surface area (Å²) < 4.78 is 5.08. The number of hydrogen-bond acceptors (Lipinski definition) is 4. The van der Waals surface area contributed by atoms with Crippen LogP contribution in [0.15, 0.2) is 30.3 Å². The second-order valence-corrected chi connectivity index (χ2v) is 5.18. The number of amides is 1. The number of hydrogen-bond donors (Lipinski definition) is 0. The lowest BCUT2D eigenvalue weighted by molar-refractivity contribution is -0.384. The minimum atomic E-state index is -0.446. The second kappa shape index (κ2) is 9.74. The number of rotatable bonds is 9. The van der Waals surface area contributed by atoms with Crippen LogP contribution in [0.3, 0.4) is 0 Å². The van der Waals surface area contributed by atoms with Crippen LogP contribution in [0.1, 0.15) is 32.3 Å². The summed E-state index contributed by atoms with van der Waals surface area (Å²) in [5, 5.41) is 10.6. The van der Waals surface area contributed by atoms with Gasteiger partial charge in [-0.15, -0.1) is 0 Å². The SMILES string of the molecule is CCC(CC)N(CCOC)C(=O)C=Cc1ccc([N+](=O)[O-])cc1. The molecule has 0 saturated carbocycles. The third kappa shape index (κ3) is 5.83. The Labute approximate surface area is 136 Å². The third-order valence-corrected chi connectivity index (χ3v) is 3.72. The van der Waals surface area contributed by atoms with Crippen LogP contribution >= 0.6 is 0 Å². The maximum absolute atomic E-state index is 12.4. The summed E-state index contributed by atoms with van der Waals surface area (Å²) >= 11 is 0. The van der Waals surface area contributed by atoms with Crippen molar-refractivity contribution in [3.05, 3.63) is 46.0 Å². The molecule has 0 aliphatic heterocycles. The number of carbonyl (C=O) groups excluding carboxylic acids is 1. The lowest BCUT2D eigenvalue weighted by Gasteiger charge is -2.29. The van der Waals surface area contributed by atoms with E-state index in [1.54, 1.807) is 25.3 Å². The van der Waals surface area contributed by atoms with Crippen molar-refractivity contribution in [3.8, 4) is 0 Å². The van der Waals surface area contributed by atoms with Crippen LogP contribution in [0.5, 0.6) is 0 Å². The highest BCUT2D eigenvalue weighted by Gasteiger charge is 2.18. The Morgan fingerprint density at radius 3 is 2.39 bits per heavy atom. The number of methoxy groups -OCH3 is 1. The van der Waals surface area contributed by atoms with Gasteiger partial charge in [0.15, 0.2) is 0 Å². The summed E-state index contributed by atoms with van der Waals surface area (Å²) in [5.74, 6) is -0.0749. The van der Waals surface area contributed by atoms with Crippen molar-refractivity contribution in [2.24, 2.45) is 0 Å². The van der Waals surface area contributed by atoms with E-state index in [0.717, 1.165) is 18.4 Å². The number of ether oxygens (including phenoxy) is 1. The van der Waals surface area contributed by atoms with E-state index in [2.05, 4.69) is 13.8 Å². The van der Waals surface area contributed by atoms with Gasteiger partial charge in [0.05, 0.1) is 11.5 Å². The molecule has 0 heterocycles. The maximum Gasteiger partial charge on any atom is 0.269 e. The number of nitrogens with zero attached hydrogens (tertiary/aromatic N) is 2. The van der Waals surface area contributed by atoms with Crippen LogP contribution in [-0.2, 0) is 9.53 Å². The van der Waals surface area contributed by atoms with Gasteiger partial charge in [-0.1, -0.05) is 13.8 Å². The first-order valence-electron chi connectivity index (χ1n) is 7.75. The molecule has 23 heavy (non-hydrogen) atoms. The zero-order chi connectivity index (χ0) is 17.2. The molecule has 1 aromatic rings. The molecule has 0 radical (unpaired) electrons. The van der Waals surface area contributed by atoms with E-state index in [-0.39, 0.29) is 17.6 Å². The van der Waals surface area contributed by atoms with Crippen molar-refractivity contribution in [3.63, 3.8) is 0 Å². The van der Waals surface area contributed by atoms with Crippen molar-refractivity contribution in [1.82, 2.24) is 4.90 Å². The van der Waals surface area contributed by atoms with Gasteiger partial charge in [-0.05, 0) is 36.6 Å². The molecule has 0 aromatic heterocycles. The molecule has 0 unspecified atom stereocenters. The second-order valence-electron chi connectivity index (χ2n) is 5.18. The van der Waals surface area contributed by atoms with Gasteiger partial charge in [-0.3, -0.25) is 14.9 Å². The van der Waals surface area contributed by atoms with Crippen molar-refractivity contribution in [1.29, 1.82) is 0 Å². The summed E-state index contributed by atoms with van der Waals surface area (Å²) in [5.41, 5.74) is 0.785. The highest BCUT2D eigenvalue weighted by atomic mass is 16.6. The van der Waals surface area contributed by atoms with E-state index in [4.69, 9.17) is 4.74 Å². The molecule has 0 atom stereocenters. The molecule has 126 valence electrons. The molecule has 6 heteroatoms. The molecular weight excluding hydrogens is 296 g/mol. The van der Waals surface area contributed by atoms with Crippen LogP contribution in [-0.4, -0.2) is 42.0 Å². The maximum atomic E-state index is 12.4. The largest absolute Gasteiger partial charge is 0.383 e. The Hall–Kier alpha value is -2.21. The Bertz CT molecular complexity index is 536. The lowest BCUT2D eigenvalue weighted by Crippen LogP contribution is -2.40. The van der Waals surface area contributed by atoms with Crippen molar-refractivity contribution < 1.29 is 14.5 Å². The quantitative estimate of drug-likeness (QED) is 0.398. The highest BCUT2D eigenvalue weighted by molar-refractivity contribution is 5.92. The van der Waals surface area contributed by atoms with Crippen molar-refractivity contribution >= 4 is 17.7 Å². The van der Waals surface area contributed by atoms with E-state index in [1.807, 2.05) is 4.90 Å². The van der Waals surface area contributed by atoms with E-state index >= 15 is 0 Å². The molecule has 0 aliphatic rings. The molecule has 0 N–H and O–H groups in total. The van der Waals surface area contributed by atoms with E-state index in [1.165, 1.54) is 18.2 Å². The summed E-state index contributed by atoms with van der Waals surface area (Å²) in [4.78, 5) is 24.4. The Morgan fingerprint density at radius 1 is 1.30 bits per heavy atom. The molecule has 0 aliphatic carbocycles. The van der Waals surface area contributed by atoms with E-state index in [9.17, 15) is 14.9 Å². The first kappa shape index (κ1) is 18.8. The first-order valence-corrected chi connectivity index (χ1v) is 7.75. The predicted molar refractivity (Wildman–Crippen MR) is 90.1 cm³/mol.